The Morgan fingerprint density at radius 3 is 2.50 bits per heavy atom. The SMILES string of the molecule is COc1ccc2c(C)c(CCC(=O)N3CCN(C(=O)C4COc5ccccc5O4)CC3)c(=O)oc2c1. The fraction of sp³-hybridized carbons (Fsp3) is 0.370. The van der Waals surface area contributed by atoms with Crippen LogP contribution in [0.25, 0.3) is 11.0 Å². The number of ether oxygens (including phenoxy) is 3. The number of methoxy groups -OCH3 is 1. The minimum absolute atomic E-state index is 0.0538. The molecule has 0 N–H and O–H groups in total. The first-order valence-electron chi connectivity index (χ1n) is 12.0. The molecule has 1 aromatic heterocycles. The summed E-state index contributed by atoms with van der Waals surface area (Å²) in [5.41, 5.74) is 1.34. The molecule has 0 aliphatic carbocycles. The fourth-order valence-corrected chi connectivity index (χ4v) is 4.70. The molecule has 0 bridgehead atoms. The Bertz CT molecular complexity index is 1360. The Morgan fingerprint density at radius 2 is 1.75 bits per heavy atom. The molecule has 3 heterocycles. The van der Waals surface area contributed by atoms with Crippen LogP contribution in [0.1, 0.15) is 17.5 Å². The third-order valence-corrected chi connectivity index (χ3v) is 6.81. The number of carbonyl (C=O) groups excluding carboxylic acids is 2. The van der Waals surface area contributed by atoms with Crippen LogP contribution in [0.5, 0.6) is 17.2 Å². The topological polar surface area (TPSA) is 98.5 Å². The summed E-state index contributed by atoms with van der Waals surface area (Å²) in [7, 11) is 1.55. The Hall–Kier alpha value is -4.01. The van der Waals surface area contributed by atoms with Crippen molar-refractivity contribution in [3.8, 4) is 17.2 Å². The Labute approximate surface area is 208 Å². The third-order valence-electron chi connectivity index (χ3n) is 6.81. The first-order chi connectivity index (χ1) is 17.4. The molecule has 3 aromatic rings. The van der Waals surface area contributed by atoms with Crippen molar-refractivity contribution in [2.75, 3.05) is 39.9 Å². The fourth-order valence-electron chi connectivity index (χ4n) is 4.70. The summed E-state index contributed by atoms with van der Waals surface area (Å²) in [6.07, 6.45) is -0.213. The number of para-hydroxylation sites is 2. The van der Waals surface area contributed by atoms with E-state index in [1.807, 2.05) is 31.2 Å². The van der Waals surface area contributed by atoms with Crippen molar-refractivity contribution in [2.45, 2.75) is 25.9 Å². The quantitative estimate of drug-likeness (QED) is 0.505. The summed E-state index contributed by atoms with van der Waals surface area (Å²) >= 11 is 0. The largest absolute Gasteiger partial charge is 0.497 e. The van der Waals surface area contributed by atoms with Gasteiger partial charge in [0.25, 0.3) is 5.91 Å². The minimum Gasteiger partial charge on any atom is -0.497 e. The highest BCUT2D eigenvalue weighted by Crippen LogP contribution is 2.31. The number of piperazine rings is 1. The number of hydrogen-bond acceptors (Lipinski definition) is 7. The van der Waals surface area contributed by atoms with E-state index in [4.69, 9.17) is 18.6 Å². The molecule has 0 spiro atoms. The van der Waals surface area contributed by atoms with Crippen molar-refractivity contribution in [2.24, 2.45) is 0 Å². The van der Waals surface area contributed by atoms with Gasteiger partial charge in [-0.1, -0.05) is 12.1 Å². The number of amides is 2. The van der Waals surface area contributed by atoms with Gasteiger partial charge in [0.1, 0.15) is 17.9 Å². The Morgan fingerprint density at radius 1 is 1.03 bits per heavy atom. The highest BCUT2D eigenvalue weighted by atomic mass is 16.6. The first-order valence-corrected chi connectivity index (χ1v) is 12.0. The molecule has 2 aliphatic rings. The molecule has 188 valence electrons. The zero-order valence-corrected chi connectivity index (χ0v) is 20.3. The molecule has 2 aliphatic heterocycles. The van der Waals surface area contributed by atoms with Gasteiger partial charge in [0.05, 0.1) is 7.11 Å². The van der Waals surface area contributed by atoms with E-state index in [1.54, 1.807) is 35.1 Å². The predicted molar refractivity (Wildman–Crippen MR) is 132 cm³/mol. The van der Waals surface area contributed by atoms with Crippen LogP contribution in [0.2, 0.25) is 0 Å². The molecule has 1 fully saturated rings. The van der Waals surface area contributed by atoms with E-state index in [-0.39, 0.29) is 24.8 Å². The molecule has 5 rings (SSSR count). The molecular formula is C27H28N2O7. The van der Waals surface area contributed by atoms with E-state index >= 15 is 0 Å². The normalized spacial score (nSPS) is 17.2. The van der Waals surface area contributed by atoms with Crippen molar-refractivity contribution < 1.29 is 28.2 Å². The smallest absolute Gasteiger partial charge is 0.339 e. The summed E-state index contributed by atoms with van der Waals surface area (Å²) in [5, 5.41) is 0.821. The van der Waals surface area contributed by atoms with Crippen LogP contribution in [0, 0.1) is 6.92 Å². The second kappa shape index (κ2) is 9.93. The minimum atomic E-state index is -0.697. The van der Waals surface area contributed by atoms with E-state index in [0.717, 1.165) is 10.9 Å². The molecule has 9 nitrogen and oxygen atoms in total. The molecule has 0 saturated carbocycles. The van der Waals surface area contributed by atoms with E-state index < -0.39 is 11.7 Å². The van der Waals surface area contributed by atoms with Gasteiger partial charge in [-0.05, 0) is 43.2 Å². The van der Waals surface area contributed by atoms with Crippen LogP contribution < -0.4 is 19.8 Å². The predicted octanol–water partition coefficient (Wildman–Crippen LogP) is 2.55. The molecule has 1 atom stereocenters. The molecule has 1 unspecified atom stereocenters. The van der Waals surface area contributed by atoms with Gasteiger partial charge in [-0.3, -0.25) is 9.59 Å². The maximum Gasteiger partial charge on any atom is 0.339 e. The number of rotatable bonds is 5. The van der Waals surface area contributed by atoms with Crippen LogP contribution >= 0.6 is 0 Å². The van der Waals surface area contributed by atoms with Gasteiger partial charge in [-0.2, -0.15) is 0 Å². The Balaban J connectivity index is 1.16. The maximum absolute atomic E-state index is 12.9. The van der Waals surface area contributed by atoms with Crippen LogP contribution in [0.4, 0.5) is 0 Å². The van der Waals surface area contributed by atoms with Gasteiger partial charge in [0, 0.05) is 49.6 Å². The van der Waals surface area contributed by atoms with E-state index in [9.17, 15) is 14.4 Å². The number of hydrogen-bond donors (Lipinski definition) is 0. The lowest BCUT2D eigenvalue weighted by Gasteiger charge is -2.37. The van der Waals surface area contributed by atoms with Crippen LogP contribution in [-0.4, -0.2) is 67.6 Å². The summed E-state index contributed by atoms with van der Waals surface area (Å²) in [6.45, 7) is 3.73. The highest BCUT2D eigenvalue weighted by Gasteiger charge is 2.33. The summed E-state index contributed by atoms with van der Waals surface area (Å²) in [5.74, 6) is 1.61. The number of nitrogens with zero attached hydrogens (tertiary/aromatic N) is 2. The molecule has 1 saturated heterocycles. The number of benzene rings is 2. The second-order valence-electron chi connectivity index (χ2n) is 8.93. The zero-order valence-electron chi connectivity index (χ0n) is 20.3. The lowest BCUT2D eigenvalue weighted by Crippen LogP contribution is -2.55. The zero-order chi connectivity index (χ0) is 25.2. The third kappa shape index (κ3) is 4.60. The van der Waals surface area contributed by atoms with Crippen LogP contribution in [0.15, 0.2) is 51.7 Å². The molecular weight excluding hydrogens is 464 g/mol. The van der Waals surface area contributed by atoms with Crippen LogP contribution in [0.3, 0.4) is 0 Å². The highest BCUT2D eigenvalue weighted by molar-refractivity contribution is 5.84. The van der Waals surface area contributed by atoms with E-state index in [0.29, 0.717) is 61.0 Å². The second-order valence-corrected chi connectivity index (χ2v) is 8.93. The van der Waals surface area contributed by atoms with Crippen molar-refractivity contribution in [3.05, 3.63) is 64.0 Å². The van der Waals surface area contributed by atoms with Gasteiger partial charge in [0.2, 0.25) is 12.0 Å². The molecule has 2 aromatic carbocycles. The monoisotopic (exact) mass is 492 g/mol. The molecule has 0 radical (unpaired) electrons. The Kier molecular flexibility index (Phi) is 6.54. The van der Waals surface area contributed by atoms with Gasteiger partial charge in [-0.25, -0.2) is 4.79 Å². The van der Waals surface area contributed by atoms with E-state index in [1.165, 1.54) is 0 Å². The van der Waals surface area contributed by atoms with Gasteiger partial charge in [-0.15, -0.1) is 0 Å². The molecule has 2 amide bonds. The van der Waals surface area contributed by atoms with Crippen molar-refractivity contribution in [1.29, 1.82) is 0 Å². The van der Waals surface area contributed by atoms with Crippen LogP contribution in [-0.2, 0) is 16.0 Å². The van der Waals surface area contributed by atoms with Gasteiger partial charge in [0.15, 0.2) is 11.5 Å². The average Bonchev–Trinajstić information content (AvgIpc) is 2.91. The van der Waals surface area contributed by atoms with E-state index in [2.05, 4.69) is 0 Å². The number of fused-ring (bicyclic) bond motifs is 2. The van der Waals surface area contributed by atoms with Crippen molar-refractivity contribution in [3.63, 3.8) is 0 Å². The standard InChI is InChI=1S/C27H28N2O7/c1-17-19-8-7-18(33-2)15-23(19)36-27(32)20(17)9-10-25(30)28-11-13-29(14-12-28)26(31)24-16-34-21-5-3-4-6-22(21)35-24/h3-8,15,24H,9-14,16H2,1-2H3. The number of aryl methyl sites for hydroxylation is 1. The lowest BCUT2D eigenvalue weighted by atomic mass is 10.0. The average molecular weight is 493 g/mol. The summed E-state index contributed by atoms with van der Waals surface area (Å²) in [4.78, 5) is 41.9. The summed E-state index contributed by atoms with van der Waals surface area (Å²) < 4.78 is 22.2. The van der Waals surface area contributed by atoms with Crippen molar-refractivity contribution >= 4 is 22.8 Å². The van der Waals surface area contributed by atoms with Crippen molar-refractivity contribution in [1.82, 2.24) is 9.80 Å². The molecule has 9 heteroatoms. The van der Waals surface area contributed by atoms with Gasteiger partial charge >= 0.3 is 5.63 Å². The van der Waals surface area contributed by atoms with Gasteiger partial charge < -0.3 is 28.4 Å². The summed E-state index contributed by atoms with van der Waals surface area (Å²) in [6, 6.07) is 12.6. The lowest BCUT2D eigenvalue weighted by molar-refractivity contribution is -0.146. The molecule has 36 heavy (non-hydrogen) atoms. The maximum atomic E-state index is 12.9. The number of carbonyl (C=O) groups is 2. The first kappa shape index (κ1) is 23.7.